The Balaban J connectivity index is 1.80. The third kappa shape index (κ3) is 4.19. The molecule has 0 aliphatic carbocycles. The maximum atomic E-state index is 13.1. The second kappa shape index (κ2) is 8.89. The third-order valence-corrected chi connectivity index (χ3v) is 5.69. The van der Waals surface area contributed by atoms with Crippen molar-refractivity contribution in [2.75, 3.05) is 26.5 Å². The van der Waals surface area contributed by atoms with Crippen LogP contribution in [-0.4, -0.2) is 52.0 Å². The van der Waals surface area contributed by atoms with E-state index in [-0.39, 0.29) is 11.8 Å². The molecular formula is C20H28N4O2S. The van der Waals surface area contributed by atoms with Crippen molar-refractivity contribution in [1.29, 1.82) is 0 Å². The summed E-state index contributed by atoms with van der Waals surface area (Å²) in [6.07, 6.45) is 3.44. The maximum absolute atomic E-state index is 13.1. The molecule has 1 amide bonds. The molecule has 146 valence electrons. The molecule has 2 heterocycles. The first-order valence-electron chi connectivity index (χ1n) is 9.42. The Kier molecular flexibility index (Phi) is 6.55. The average molecular weight is 389 g/mol. The molecule has 0 unspecified atom stereocenters. The van der Waals surface area contributed by atoms with E-state index in [9.17, 15) is 4.79 Å². The van der Waals surface area contributed by atoms with Gasteiger partial charge in [-0.15, -0.1) is 10.2 Å². The van der Waals surface area contributed by atoms with E-state index < -0.39 is 6.10 Å². The largest absolute Gasteiger partial charge is 0.367 e. The number of carbonyl (C=O) groups is 1. The second-order valence-corrected chi connectivity index (χ2v) is 7.93. The molecule has 0 spiro atoms. The lowest BCUT2D eigenvalue weighted by atomic mass is 9.96. The fourth-order valence-electron chi connectivity index (χ4n) is 3.75. The summed E-state index contributed by atoms with van der Waals surface area (Å²) in [5.74, 6) is 1.21. The molecule has 1 saturated heterocycles. The Bertz CT molecular complexity index is 763. The number of aromatic nitrogens is 3. The summed E-state index contributed by atoms with van der Waals surface area (Å²) in [5.41, 5.74) is 0.891. The Morgan fingerprint density at radius 1 is 1.26 bits per heavy atom. The number of carbonyl (C=O) groups excluding carboxylic acids is 1. The molecule has 27 heavy (non-hydrogen) atoms. The van der Waals surface area contributed by atoms with E-state index in [1.165, 1.54) is 0 Å². The number of methoxy groups -OCH3 is 1. The van der Waals surface area contributed by atoms with Crippen LogP contribution in [0.1, 0.15) is 56.1 Å². The summed E-state index contributed by atoms with van der Waals surface area (Å²) in [6.45, 7) is 5.71. The van der Waals surface area contributed by atoms with Crippen molar-refractivity contribution < 1.29 is 9.53 Å². The van der Waals surface area contributed by atoms with E-state index in [4.69, 9.17) is 4.74 Å². The Labute approximate surface area is 165 Å². The Morgan fingerprint density at radius 2 is 2.00 bits per heavy atom. The standard InChI is InChI=1S/C20H28N4O2S/c1-14(2)24-18(21-22-20(24)27-4)16-11-8-12-23(13-16)19(25)17(26-3)15-9-6-5-7-10-15/h5-7,9-10,14,16-17H,8,11-13H2,1-4H3/t16-,17+/m1/s1. The molecule has 0 N–H and O–H groups in total. The summed E-state index contributed by atoms with van der Waals surface area (Å²) in [6, 6.07) is 9.98. The van der Waals surface area contributed by atoms with Crippen LogP contribution in [0.25, 0.3) is 0 Å². The lowest BCUT2D eigenvalue weighted by Crippen LogP contribution is -2.42. The van der Waals surface area contributed by atoms with Gasteiger partial charge in [-0.3, -0.25) is 4.79 Å². The highest BCUT2D eigenvalue weighted by atomic mass is 32.2. The number of thioether (sulfide) groups is 1. The van der Waals surface area contributed by atoms with Crippen LogP contribution in [0.2, 0.25) is 0 Å². The number of amides is 1. The average Bonchev–Trinajstić information content (AvgIpc) is 3.14. The van der Waals surface area contributed by atoms with E-state index in [1.807, 2.05) is 41.5 Å². The van der Waals surface area contributed by atoms with E-state index in [0.717, 1.165) is 35.9 Å². The quantitative estimate of drug-likeness (QED) is 0.707. The molecule has 2 aromatic rings. The zero-order chi connectivity index (χ0) is 19.4. The van der Waals surface area contributed by atoms with Gasteiger partial charge in [0.15, 0.2) is 11.3 Å². The van der Waals surface area contributed by atoms with Crippen LogP contribution < -0.4 is 0 Å². The minimum atomic E-state index is -0.560. The SMILES string of the molecule is CO[C@H](C(=O)N1CCC[C@@H](c2nnc(SC)n2C(C)C)C1)c1ccccc1. The molecule has 1 aromatic heterocycles. The number of hydrogen-bond acceptors (Lipinski definition) is 5. The van der Waals surface area contributed by atoms with Gasteiger partial charge in [0, 0.05) is 32.2 Å². The van der Waals surface area contributed by atoms with Crippen molar-refractivity contribution in [2.45, 2.75) is 49.9 Å². The van der Waals surface area contributed by atoms with Gasteiger partial charge in [-0.2, -0.15) is 0 Å². The van der Waals surface area contributed by atoms with Gasteiger partial charge < -0.3 is 14.2 Å². The highest BCUT2D eigenvalue weighted by Crippen LogP contribution is 2.31. The van der Waals surface area contributed by atoms with Crippen molar-refractivity contribution in [1.82, 2.24) is 19.7 Å². The van der Waals surface area contributed by atoms with Crippen molar-refractivity contribution in [3.8, 4) is 0 Å². The number of nitrogens with zero attached hydrogens (tertiary/aromatic N) is 4. The van der Waals surface area contributed by atoms with E-state index >= 15 is 0 Å². The smallest absolute Gasteiger partial charge is 0.256 e. The van der Waals surface area contributed by atoms with Gasteiger partial charge in [0.05, 0.1) is 0 Å². The zero-order valence-electron chi connectivity index (χ0n) is 16.5. The van der Waals surface area contributed by atoms with Gasteiger partial charge in [-0.1, -0.05) is 42.1 Å². The van der Waals surface area contributed by atoms with E-state index in [1.54, 1.807) is 18.9 Å². The highest BCUT2D eigenvalue weighted by Gasteiger charge is 2.33. The van der Waals surface area contributed by atoms with Crippen LogP contribution in [0.3, 0.4) is 0 Å². The molecule has 6 nitrogen and oxygen atoms in total. The molecule has 1 aliphatic heterocycles. The van der Waals surface area contributed by atoms with Crippen molar-refractivity contribution in [2.24, 2.45) is 0 Å². The summed E-state index contributed by atoms with van der Waals surface area (Å²) >= 11 is 1.61. The Hall–Kier alpha value is -1.86. The van der Waals surface area contributed by atoms with Gasteiger partial charge in [0.25, 0.3) is 5.91 Å². The van der Waals surface area contributed by atoms with Crippen LogP contribution in [-0.2, 0) is 9.53 Å². The zero-order valence-corrected chi connectivity index (χ0v) is 17.3. The molecule has 0 bridgehead atoms. The predicted octanol–water partition coefficient (Wildman–Crippen LogP) is 3.67. The van der Waals surface area contributed by atoms with E-state index in [2.05, 4.69) is 28.6 Å². The fourth-order valence-corrected chi connectivity index (χ4v) is 4.38. The molecule has 2 atom stereocenters. The number of benzene rings is 1. The van der Waals surface area contributed by atoms with Crippen LogP contribution >= 0.6 is 11.8 Å². The number of rotatable bonds is 6. The number of ether oxygens (including phenoxy) is 1. The first kappa shape index (κ1) is 19.9. The molecule has 1 aliphatic rings. The summed E-state index contributed by atoms with van der Waals surface area (Å²) in [5, 5.41) is 9.75. The molecular weight excluding hydrogens is 360 g/mol. The predicted molar refractivity (Wildman–Crippen MR) is 107 cm³/mol. The van der Waals surface area contributed by atoms with Gasteiger partial charge in [-0.05, 0) is 38.5 Å². The molecule has 1 aromatic carbocycles. The van der Waals surface area contributed by atoms with Crippen molar-refractivity contribution >= 4 is 17.7 Å². The minimum Gasteiger partial charge on any atom is -0.367 e. The lowest BCUT2D eigenvalue weighted by Gasteiger charge is -2.34. The van der Waals surface area contributed by atoms with Gasteiger partial charge in [0.1, 0.15) is 5.82 Å². The van der Waals surface area contributed by atoms with Gasteiger partial charge in [-0.25, -0.2) is 0 Å². The summed E-state index contributed by atoms with van der Waals surface area (Å²) in [7, 11) is 1.59. The number of piperidine rings is 1. The molecule has 1 fully saturated rings. The van der Waals surface area contributed by atoms with Crippen LogP contribution in [0.5, 0.6) is 0 Å². The van der Waals surface area contributed by atoms with Gasteiger partial charge >= 0.3 is 0 Å². The second-order valence-electron chi connectivity index (χ2n) is 7.16. The van der Waals surface area contributed by atoms with Crippen molar-refractivity contribution in [3.05, 3.63) is 41.7 Å². The van der Waals surface area contributed by atoms with Crippen LogP contribution in [0.4, 0.5) is 0 Å². The third-order valence-electron chi connectivity index (χ3n) is 5.05. The monoisotopic (exact) mass is 388 g/mol. The Morgan fingerprint density at radius 3 is 2.63 bits per heavy atom. The molecule has 3 rings (SSSR count). The minimum absolute atomic E-state index is 0.0223. The van der Waals surface area contributed by atoms with Crippen molar-refractivity contribution in [3.63, 3.8) is 0 Å². The molecule has 7 heteroatoms. The van der Waals surface area contributed by atoms with Crippen LogP contribution in [0, 0.1) is 0 Å². The topological polar surface area (TPSA) is 60.2 Å². The first-order chi connectivity index (χ1) is 13.1. The molecule has 0 saturated carbocycles. The van der Waals surface area contributed by atoms with Gasteiger partial charge in [0.2, 0.25) is 0 Å². The van der Waals surface area contributed by atoms with Crippen LogP contribution in [0.15, 0.2) is 35.5 Å². The summed E-state index contributed by atoms with van der Waals surface area (Å²) < 4.78 is 7.75. The fraction of sp³-hybridized carbons (Fsp3) is 0.550. The number of hydrogen-bond donors (Lipinski definition) is 0. The normalized spacial score (nSPS) is 18.7. The molecule has 0 radical (unpaired) electrons. The van der Waals surface area contributed by atoms with E-state index in [0.29, 0.717) is 12.6 Å². The maximum Gasteiger partial charge on any atom is 0.256 e. The summed E-state index contributed by atoms with van der Waals surface area (Å²) in [4.78, 5) is 15.1. The first-order valence-corrected chi connectivity index (χ1v) is 10.6. The lowest BCUT2D eigenvalue weighted by molar-refractivity contribution is -0.143. The highest BCUT2D eigenvalue weighted by molar-refractivity contribution is 7.98. The number of likely N-dealkylation sites (tertiary alicyclic amines) is 1.